The van der Waals surface area contributed by atoms with Crippen LogP contribution in [-0.2, 0) is 11.0 Å². The summed E-state index contributed by atoms with van der Waals surface area (Å²) in [6, 6.07) is 2.50. The molecule has 0 aromatic carbocycles. The van der Waals surface area contributed by atoms with Crippen LogP contribution in [0.4, 0.5) is 19.0 Å². The number of carbonyl (C=O) groups excluding carboxylic acids is 1. The highest BCUT2D eigenvalue weighted by molar-refractivity contribution is 5.58. The van der Waals surface area contributed by atoms with Gasteiger partial charge < -0.3 is 15.4 Å². The fourth-order valence-corrected chi connectivity index (χ4v) is 2.00. The Bertz CT molecular complexity index is 477. The molecule has 4 nitrogen and oxygen atoms in total. The van der Waals surface area contributed by atoms with E-state index in [0.29, 0.717) is 11.5 Å². The van der Waals surface area contributed by atoms with E-state index in [-0.39, 0.29) is 11.9 Å². The minimum atomic E-state index is -4.38. The number of hydrogen-bond donors (Lipinski definition) is 2. The Morgan fingerprint density at radius 2 is 2.10 bits per heavy atom. The SMILES string of the molecule is CC1CNC(C=O)C1.CNc1nc(C(F)(F)F)ccc1C. The molecule has 2 heterocycles. The van der Waals surface area contributed by atoms with Crippen LogP contribution in [0.3, 0.4) is 0 Å². The number of aldehydes is 1. The molecule has 0 radical (unpaired) electrons. The molecular formula is C14H20F3N3O. The Labute approximate surface area is 122 Å². The molecule has 2 N–H and O–H groups in total. The largest absolute Gasteiger partial charge is 0.433 e. The lowest BCUT2D eigenvalue weighted by molar-refractivity contribution is -0.141. The molecule has 0 amide bonds. The van der Waals surface area contributed by atoms with E-state index in [2.05, 4.69) is 22.5 Å². The number of pyridine rings is 1. The molecule has 1 aliphatic heterocycles. The molecule has 2 unspecified atom stereocenters. The first kappa shape index (κ1) is 17.4. The van der Waals surface area contributed by atoms with Crippen LogP contribution in [0.5, 0.6) is 0 Å². The lowest BCUT2D eigenvalue weighted by atomic mass is 10.1. The van der Waals surface area contributed by atoms with Crippen LogP contribution in [0.25, 0.3) is 0 Å². The molecule has 0 aliphatic carbocycles. The average molecular weight is 303 g/mol. The predicted molar refractivity (Wildman–Crippen MR) is 75.2 cm³/mol. The van der Waals surface area contributed by atoms with Crippen molar-refractivity contribution in [2.24, 2.45) is 5.92 Å². The van der Waals surface area contributed by atoms with Gasteiger partial charge in [-0.1, -0.05) is 13.0 Å². The lowest BCUT2D eigenvalue weighted by Gasteiger charge is -2.09. The molecule has 0 spiro atoms. The molecule has 1 saturated heterocycles. The maximum atomic E-state index is 12.1. The maximum absolute atomic E-state index is 12.1. The van der Waals surface area contributed by atoms with Crippen LogP contribution < -0.4 is 10.6 Å². The first-order chi connectivity index (χ1) is 9.77. The zero-order valence-electron chi connectivity index (χ0n) is 12.3. The van der Waals surface area contributed by atoms with Crippen LogP contribution in [0.15, 0.2) is 12.1 Å². The van der Waals surface area contributed by atoms with Gasteiger partial charge in [0.2, 0.25) is 0 Å². The van der Waals surface area contributed by atoms with Gasteiger partial charge >= 0.3 is 6.18 Å². The van der Waals surface area contributed by atoms with Crippen molar-refractivity contribution < 1.29 is 18.0 Å². The summed E-state index contributed by atoms with van der Waals surface area (Å²) < 4.78 is 36.4. The minimum Gasteiger partial charge on any atom is -0.373 e. The molecule has 1 aromatic rings. The average Bonchev–Trinajstić information content (AvgIpc) is 2.84. The Hall–Kier alpha value is -1.63. The van der Waals surface area contributed by atoms with E-state index in [4.69, 9.17) is 0 Å². The van der Waals surface area contributed by atoms with Crippen molar-refractivity contribution >= 4 is 12.1 Å². The number of aromatic nitrogens is 1. The lowest BCUT2D eigenvalue weighted by Crippen LogP contribution is -2.22. The number of nitrogens with one attached hydrogen (secondary N) is 2. The van der Waals surface area contributed by atoms with E-state index in [1.54, 1.807) is 6.92 Å². The van der Waals surface area contributed by atoms with Crippen molar-refractivity contribution in [3.05, 3.63) is 23.4 Å². The molecule has 118 valence electrons. The molecule has 1 aliphatic rings. The van der Waals surface area contributed by atoms with Gasteiger partial charge in [0.25, 0.3) is 0 Å². The molecule has 0 saturated carbocycles. The van der Waals surface area contributed by atoms with Gasteiger partial charge in [0, 0.05) is 7.05 Å². The van der Waals surface area contributed by atoms with E-state index in [0.717, 1.165) is 25.3 Å². The fourth-order valence-electron chi connectivity index (χ4n) is 2.00. The van der Waals surface area contributed by atoms with E-state index in [1.165, 1.54) is 13.1 Å². The van der Waals surface area contributed by atoms with Crippen LogP contribution in [0.2, 0.25) is 0 Å². The number of halogens is 3. The first-order valence-electron chi connectivity index (χ1n) is 6.69. The van der Waals surface area contributed by atoms with Crippen LogP contribution in [-0.4, -0.2) is 30.9 Å². The van der Waals surface area contributed by atoms with Gasteiger partial charge in [-0.25, -0.2) is 4.98 Å². The van der Waals surface area contributed by atoms with Gasteiger partial charge in [0.05, 0.1) is 6.04 Å². The molecule has 1 aromatic heterocycles. The van der Waals surface area contributed by atoms with Gasteiger partial charge in [0.15, 0.2) is 0 Å². The summed E-state index contributed by atoms with van der Waals surface area (Å²) >= 11 is 0. The number of hydrogen-bond acceptors (Lipinski definition) is 4. The van der Waals surface area contributed by atoms with Gasteiger partial charge in [-0.15, -0.1) is 0 Å². The van der Waals surface area contributed by atoms with Crippen molar-refractivity contribution in [2.45, 2.75) is 32.5 Å². The third kappa shape index (κ3) is 5.34. The van der Waals surface area contributed by atoms with Crippen molar-refractivity contribution in [3.8, 4) is 0 Å². The fraction of sp³-hybridized carbons (Fsp3) is 0.571. The number of anilines is 1. The summed E-state index contributed by atoms with van der Waals surface area (Å²) in [5.74, 6) is 0.944. The normalized spacial score (nSPS) is 21.4. The van der Waals surface area contributed by atoms with Crippen LogP contribution in [0, 0.1) is 12.8 Å². The number of alkyl halides is 3. The molecule has 2 atom stereocenters. The second-order valence-corrected chi connectivity index (χ2v) is 5.10. The molecule has 7 heteroatoms. The Kier molecular flexibility index (Phi) is 6.14. The summed E-state index contributed by atoms with van der Waals surface area (Å²) in [5, 5.41) is 5.68. The Morgan fingerprint density at radius 3 is 2.48 bits per heavy atom. The van der Waals surface area contributed by atoms with Crippen molar-refractivity contribution in [3.63, 3.8) is 0 Å². The second-order valence-electron chi connectivity index (χ2n) is 5.10. The molecule has 1 fully saturated rings. The topological polar surface area (TPSA) is 54.0 Å². The molecular weight excluding hydrogens is 283 g/mol. The second kappa shape index (κ2) is 7.40. The van der Waals surface area contributed by atoms with Crippen molar-refractivity contribution in [1.29, 1.82) is 0 Å². The summed E-state index contributed by atoms with van der Waals surface area (Å²) in [6.07, 6.45) is -2.37. The van der Waals surface area contributed by atoms with E-state index >= 15 is 0 Å². The van der Waals surface area contributed by atoms with Gasteiger partial charge in [-0.3, -0.25) is 0 Å². The highest BCUT2D eigenvalue weighted by atomic mass is 19.4. The highest BCUT2D eigenvalue weighted by Crippen LogP contribution is 2.29. The van der Waals surface area contributed by atoms with E-state index < -0.39 is 11.9 Å². The number of carbonyl (C=O) groups is 1. The van der Waals surface area contributed by atoms with E-state index in [9.17, 15) is 18.0 Å². The van der Waals surface area contributed by atoms with Crippen molar-refractivity contribution in [2.75, 3.05) is 18.9 Å². The first-order valence-corrected chi connectivity index (χ1v) is 6.69. The molecule has 2 rings (SSSR count). The monoisotopic (exact) mass is 303 g/mol. The number of nitrogens with zero attached hydrogens (tertiary/aromatic N) is 1. The maximum Gasteiger partial charge on any atom is 0.433 e. The third-order valence-corrected chi connectivity index (χ3v) is 3.17. The Morgan fingerprint density at radius 1 is 1.43 bits per heavy atom. The minimum absolute atomic E-state index is 0.144. The number of aryl methyl sites for hydroxylation is 1. The summed E-state index contributed by atoms with van der Waals surface area (Å²) in [4.78, 5) is 13.5. The number of rotatable bonds is 2. The van der Waals surface area contributed by atoms with Gasteiger partial charge in [-0.2, -0.15) is 13.2 Å². The Balaban J connectivity index is 0.000000235. The summed E-state index contributed by atoms with van der Waals surface area (Å²) in [7, 11) is 1.54. The zero-order valence-corrected chi connectivity index (χ0v) is 12.3. The molecule has 0 bridgehead atoms. The third-order valence-electron chi connectivity index (χ3n) is 3.17. The smallest absolute Gasteiger partial charge is 0.373 e. The zero-order chi connectivity index (χ0) is 16.0. The molecule has 21 heavy (non-hydrogen) atoms. The standard InChI is InChI=1S/C8H9F3N2.C6H11NO/c1-5-3-4-6(8(9,10)11)13-7(5)12-2;1-5-2-6(4-8)7-3-5/h3-4H,1-2H3,(H,12,13);4-7H,2-3H2,1H3. The van der Waals surface area contributed by atoms with Gasteiger partial charge in [0.1, 0.15) is 17.8 Å². The van der Waals surface area contributed by atoms with Crippen LogP contribution in [0.1, 0.15) is 24.6 Å². The highest BCUT2D eigenvalue weighted by Gasteiger charge is 2.32. The quantitative estimate of drug-likeness (QED) is 0.825. The van der Waals surface area contributed by atoms with Crippen molar-refractivity contribution in [1.82, 2.24) is 10.3 Å². The predicted octanol–water partition coefficient (Wildman–Crippen LogP) is 2.63. The van der Waals surface area contributed by atoms with E-state index in [1.807, 2.05) is 0 Å². The van der Waals surface area contributed by atoms with Crippen LogP contribution >= 0.6 is 0 Å². The van der Waals surface area contributed by atoms with Gasteiger partial charge in [-0.05, 0) is 37.4 Å². The summed E-state index contributed by atoms with van der Waals surface area (Å²) in [6.45, 7) is 4.85. The summed E-state index contributed by atoms with van der Waals surface area (Å²) in [5.41, 5.74) is -0.182.